The van der Waals surface area contributed by atoms with Gasteiger partial charge in [-0.15, -0.1) is 0 Å². The number of hydrogen-bond donors (Lipinski definition) is 1. The monoisotopic (exact) mass is 241 g/mol. The molecule has 3 nitrogen and oxygen atoms in total. The lowest BCUT2D eigenvalue weighted by Gasteiger charge is -2.35. The summed E-state index contributed by atoms with van der Waals surface area (Å²) in [6, 6.07) is 0. The summed E-state index contributed by atoms with van der Waals surface area (Å²) in [5.74, 6) is 1.19. The van der Waals surface area contributed by atoms with E-state index in [4.69, 9.17) is 4.84 Å². The van der Waals surface area contributed by atoms with Crippen LogP contribution in [-0.4, -0.2) is 13.0 Å². The van der Waals surface area contributed by atoms with E-state index >= 15 is 0 Å². The predicted molar refractivity (Wildman–Crippen MR) is 69.3 cm³/mol. The van der Waals surface area contributed by atoms with Crippen molar-refractivity contribution in [3.05, 3.63) is 0 Å². The zero-order chi connectivity index (χ0) is 12.9. The molecule has 0 bridgehead atoms. The molecule has 2 unspecified atom stereocenters. The molecule has 2 atom stereocenters. The van der Waals surface area contributed by atoms with Gasteiger partial charge in [-0.05, 0) is 31.1 Å². The van der Waals surface area contributed by atoms with Crippen LogP contribution in [0.3, 0.4) is 0 Å². The average Bonchev–Trinajstić information content (AvgIpc) is 2.43. The highest BCUT2D eigenvalue weighted by atomic mass is 16.6. The fraction of sp³-hybridized carbons (Fsp3) is 0.929. The van der Waals surface area contributed by atoms with Crippen molar-refractivity contribution >= 4 is 5.91 Å². The van der Waals surface area contributed by atoms with Gasteiger partial charge in [0.2, 0.25) is 5.91 Å². The van der Waals surface area contributed by atoms with E-state index in [1.165, 1.54) is 26.4 Å². The maximum Gasteiger partial charge on any atom is 0.249 e. The third kappa shape index (κ3) is 3.70. The van der Waals surface area contributed by atoms with E-state index < -0.39 is 0 Å². The molecule has 1 rings (SSSR count). The van der Waals surface area contributed by atoms with Crippen LogP contribution in [0.2, 0.25) is 0 Å². The van der Waals surface area contributed by atoms with Crippen LogP contribution in [0.25, 0.3) is 0 Å². The Bertz CT molecular complexity index is 253. The Balaban J connectivity index is 2.82. The second kappa shape index (κ2) is 6.39. The minimum Gasteiger partial charge on any atom is -0.277 e. The van der Waals surface area contributed by atoms with Gasteiger partial charge in [0.25, 0.3) is 0 Å². The predicted octanol–water partition coefficient (Wildman–Crippen LogP) is 3.30. The molecular weight excluding hydrogens is 214 g/mol. The normalized spacial score (nSPS) is 30.1. The topological polar surface area (TPSA) is 38.3 Å². The first-order valence-corrected chi connectivity index (χ1v) is 6.84. The SMILES string of the molecule is CONC(=O)C1(C)CCCCCC1CC(C)C. The van der Waals surface area contributed by atoms with Crippen molar-refractivity contribution in [2.24, 2.45) is 17.3 Å². The van der Waals surface area contributed by atoms with Crippen molar-refractivity contribution < 1.29 is 9.63 Å². The van der Waals surface area contributed by atoms with E-state index in [2.05, 4.69) is 26.3 Å². The van der Waals surface area contributed by atoms with E-state index in [1.54, 1.807) is 0 Å². The first-order chi connectivity index (χ1) is 8.00. The van der Waals surface area contributed by atoms with Crippen molar-refractivity contribution in [3.63, 3.8) is 0 Å². The molecule has 1 fully saturated rings. The summed E-state index contributed by atoms with van der Waals surface area (Å²) in [5.41, 5.74) is 2.29. The Morgan fingerprint density at radius 3 is 2.71 bits per heavy atom. The molecule has 1 aliphatic carbocycles. The summed E-state index contributed by atoms with van der Waals surface area (Å²) in [6.45, 7) is 6.58. The van der Waals surface area contributed by atoms with Crippen molar-refractivity contribution in [2.45, 2.75) is 59.3 Å². The number of nitrogens with one attached hydrogen (secondary N) is 1. The van der Waals surface area contributed by atoms with Crippen molar-refractivity contribution in [1.82, 2.24) is 5.48 Å². The van der Waals surface area contributed by atoms with Gasteiger partial charge < -0.3 is 0 Å². The van der Waals surface area contributed by atoms with Crippen LogP contribution < -0.4 is 5.48 Å². The Kier molecular flexibility index (Phi) is 5.44. The summed E-state index contributed by atoms with van der Waals surface area (Å²) in [4.78, 5) is 17.0. The van der Waals surface area contributed by atoms with Gasteiger partial charge in [-0.2, -0.15) is 0 Å². The van der Waals surface area contributed by atoms with Crippen molar-refractivity contribution in [3.8, 4) is 0 Å². The summed E-state index contributed by atoms with van der Waals surface area (Å²) in [7, 11) is 1.51. The quantitative estimate of drug-likeness (QED) is 0.606. The highest BCUT2D eigenvalue weighted by Crippen LogP contribution is 2.43. The number of hydroxylamine groups is 1. The lowest BCUT2D eigenvalue weighted by atomic mass is 9.70. The maximum absolute atomic E-state index is 12.2. The van der Waals surface area contributed by atoms with Gasteiger partial charge in [0.05, 0.1) is 12.5 Å². The third-order valence-electron chi connectivity index (χ3n) is 4.12. The minimum absolute atomic E-state index is 0.0625. The van der Waals surface area contributed by atoms with Crippen LogP contribution in [0.15, 0.2) is 0 Å². The molecule has 0 heterocycles. The Labute approximate surface area is 105 Å². The Morgan fingerprint density at radius 1 is 1.41 bits per heavy atom. The zero-order valence-corrected chi connectivity index (χ0v) is 11.7. The molecule has 1 aliphatic rings. The molecule has 1 saturated carbocycles. The van der Waals surface area contributed by atoms with Crippen LogP contribution in [0, 0.1) is 17.3 Å². The first kappa shape index (κ1) is 14.5. The minimum atomic E-state index is -0.253. The molecule has 0 aromatic carbocycles. The molecule has 1 N–H and O–H groups in total. The summed E-state index contributed by atoms with van der Waals surface area (Å²) < 4.78 is 0. The lowest BCUT2D eigenvalue weighted by molar-refractivity contribution is -0.145. The molecule has 0 radical (unpaired) electrons. The molecule has 1 amide bonds. The maximum atomic E-state index is 12.2. The van der Waals surface area contributed by atoms with E-state index in [0.717, 1.165) is 19.3 Å². The van der Waals surface area contributed by atoms with Gasteiger partial charge in [-0.3, -0.25) is 9.63 Å². The second-order valence-corrected chi connectivity index (χ2v) is 5.98. The van der Waals surface area contributed by atoms with Gasteiger partial charge in [0.1, 0.15) is 0 Å². The second-order valence-electron chi connectivity index (χ2n) is 5.98. The van der Waals surface area contributed by atoms with Gasteiger partial charge in [-0.25, -0.2) is 5.48 Å². The van der Waals surface area contributed by atoms with Crippen LogP contribution in [0.4, 0.5) is 0 Å². The third-order valence-corrected chi connectivity index (χ3v) is 4.12. The fourth-order valence-corrected chi connectivity index (χ4v) is 3.04. The van der Waals surface area contributed by atoms with E-state index in [-0.39, 0.29) is 11.3 Å². The van der Waals surface area contributed by atoms with Gasteiger partial charge in [-0.1, -0.05) is 40.0 Å². The van der Waals surface area contributed by atoms with Gasteiger partial charge in [0.15, 0.2) is 0 Å². The van der Waals surface area contributed by atoms with E-state index in [9.17, 15) is 4.79 Å². The molecule has 0 spiro atoms. The van der Waals surface area contributed by atoms with Gasteiger partial charge in [0, 0.05) is 0 Å². The average molecular weight is 241 g/mol. The first-order valence-electron chi connectivity index (χ1n) is 6.84. The highest BCUT2D eigenvalue weighted by molar-refractivity contribution is 5.81. The number of hydrogen-bond acceptors (Lipinski definition) is 2. The molecule has 0 aromatic heterocycles. The molecule has 0 saturated heterocycles. The zero-order valence-electron chi connectivity index (χ0n) is 11.7. The smallest absolute Gasteiger partial charge is 0.249 e. The molecule has 0 aliphatic heterocycles. The Morgan fingerprint density at radius 2 is 2.12 bits per heavy atom. The van der Waals surface area contributed by atoms with E-state index in [0.29, 0.717) is 11.8 Å². The molecule has 0 aromatic rings. The van der Waals surface area contributed by atoms with Gasteiger partial charge >= 0.3 is 0 Å². The van der Waals surface area contributed by atoms with Crippen LogP contribution in [0.5, 0.6) is 0 Å². The van der Waals surface area contributed by atoms with Crippen molar-refractivity contribution in [1.29, 1.82) is 0 Å². The largest absolute Gasteiger partial charge is 0.277 e. The summed E-state index contributed by atoms with van der Waals surface area (Å²) >= 11 is 0. The summed E-state index contributed by atoms with van der Waals surface area (Å²) in [6.07, 6.45) is 6.96. The van der Waals surface area contributed by atoms with Crippen molar-refractivity contribution in [2.75, 3.05) is 7.11 Å². The van der Waals surface area contributed by atoms with Crippen LogP contribution >= 0.6 is 0 Å². The standard InChI is InChI=1S/C14H27NO2/c1-11(2)10-12-8-6-5-7-9-14(12,3)13(16)15-17-4/h11-12H,5-10H2,1-4H3,(H,15,16). The van der Waals surface area contributed by atoms with E-state index in [1.807, 2.05) is 0 Å². The number of amides is 1. The molecule has 3 heteroatoms. The van der Waals surface area contributed by atoms with Crippen LogP contribution in [-0.2, 0) is 9.63 Å². The lowest BCUT2D eigenvalue weighted by Crippen LogP contribution is -2.43. The number of carbonyl (C=O) groups is 1. The summed E-state index contributed by atoms with van der Waals surface area (Å²) in [5, 5.41) is 0. The molecular formula is C14H27NO2. The van der Waals surface area contributed by atoms with Crippen LogP contribution in [0.1, 0.15) is 59.3 Å². The highest BCUT2D eigenvalue weighted by Gasteiger charge is 2.41. The fourth-order valence-electron chi connectivity index (χ4n) is 3.04. The number of rotatable bonds is 4. The molecule has 17 heavy (non-hydrogen) atoms. The molecule has 100 valence electrons. The Hall–Kier alpha value is -0.570. The number of carbonyl (C=O) groups excluding carboxylic acids is 1.